The molecular weight excluding hydrogens is 468 g/mol. The number of carbonyl (C=O) groups is 1. The van der Waals surface area contributed by atoms with Gasteiger partial charge in [0.05, 0.1) is 18.8 Å². The summed E-state index contributed by atoms with van der Waals surface area (Å²) < 4.78 is 16.4. The summed E-state index contributed by atoms with van der Waals surface area (Å²) in [5.74, 6) is 0.0805. The Labute approximate surface area is 210 Å². The van der Waals surface area contributed by atoms with Crippen LogP contribution in [0.4, 0.5) is 0 Å². The lowest BCUT2D eigenvalue weighted by molar-refractivity contribution is 0.0527. The van der Waals surface area contributed by atoms with E-state index in [0.717, 1.165) is 50.7 Å². The Morgan fingerprint density at radius 3 is 2.49 bits per heavy atom. The number of benzene rings is 2. The van der Waals surface area contributed by atoms with Crippen molar-refractivity contribution in [3.8, 4) is 5.75 Å². The zero-order chi connectivity index (χ0) is 24.8. The van der Waals surface area contributed by atoms with Gasteiger partial charge in [0.25, 0.3) is 0 Å². The minimum atomic E-state index is -0.548. The van der Waals surface area contributed by atoms with Gasteiger partial charge in [-0.2, -0.15) is 0 Å². The van der Waals surface area contributed by atoms with Gasteiger partial charge in [0.2, 0.25) is 0 Å². The molecule has 0 amide bonds. The molecule has 1 fully saturated rings. The lowest BCUT2D eigenvalue weighted by Crippen LogP contribution is -2.46. The third-order valence-corrected chi connectivity index (χ3v) is 6.51. The zero-order valence-electron chi connectivity index (χ0n) is 20.2. The van der Waals surface area contributed by atoms with E-state index in [0.29, 0.717) is 23.3 Å². The van der Waals surface area contributed by atoms with Crippen molar-refractivity contribution >= 4 is 28.5 Å². The average molecular weight is 499 g/mol. The first kappa shape index (κ1) is 25.2. The maximum absolute atomic E-state index is 12.4. The highest BCUT2D eigenvalue weighted by atomic mass is 35.5. The van der Waals surface area contributed by atoms with E-state index < -0.39 is 11.6 Å². The minimum absolute atomic E-state index is 0.235. The molecule has 3 aromatic rings. The summed E-state index contributed by atoms with van der Waals surface area (Å²) in [5, 5.41) is 1.31. The smallest absolute Gasteiger partial charge is 0.340 e. The summed E-state index contributed by atoms with van der Waals surface area (Å²) in [4.78, 5) is 29.5. The van der Waals surface area contributed by atoms with Crippen LogP contribution in [0, 0.1) is 6.92 Å². The molecular formula is C27H31ClN2O5. The van der Waals surface area contributed by atoms with Gasteiger partial charge in [0.15, 0.2) is 0 Å². The van der Waals surface area contributed by atoms with Crippen molar-refractivity contribution in [2.45, 2.75) is 26.8 Å². The summed E-state index contributed by atoms with van der Waals surface area (Å²) in [6.45, 7) is 10.1. The van der Waals surface area contributed by atoms with Gasteiger partial charge < -0.3 is 18.8 Å². The SMILES string of the molecule is CCOC(=O)c1c(C)c(=O)oc2cc(OCCCN3CCN(Cc4ccc(Cl)cc4)CC3)ccc12. The highest BCUT2D eigenvalue weighted by Gasteiger charge is 2.20. The number of fused-ring (bicyclic) bond motifs is 1. The molecule has 1 aromatic heterocycles. The fraction of sp³-hybridized carbons (Fsp3) is 0.407. The maximum Gasteiger partial charge on any atom is 0.340 e. The van der Waals surface area contributed by atoms with Gasteiger partial charge >= 0.3 is 11.6 Å². The molecule has 35 heavy (non-hydrogen) atoms. The van der Waals surface area contributed by atoms with E-state index in [1.165, 1.54) is 5.56 Å². The van der Waals surface area contributed by atoms with E-state index in [2.05, 4.69) is 21.9 Å². The van der Waals surface area contributed by atoms with Crippen LogP contribution in [0.25, 0.3) is 11.0 Å². The monoisotopic (exact) mass is 498 g/mol. The highest BCUT2D eigenvalue weighted by Crippen LogP contribution is 2.25. The van der Waals surface area contributed by atoms with Gasteiger partial charge in [-0.1, -0.05) is 23.7 Å². The van der Waals surface area contributed by atoms with Crippen LogP contribution in [0.1, 0.15) is 34.8 Å². The van der Waals surface area contributed by atoms with E-state index in [4.69, 9.17) is 25.5 Å². The normalized spacial score (nSPS) is 14.8. The lowest BCUT2D eigenvalue weighted by atomic mass is 10.1. The number of nitrogens with zero attached hydrogens (tertiary/aromatic N) is 2. The summed E-state index contributed by atoms with van der Waals surface area (Å²) in [6.07, 6.45) is 0.890. The second-order valence-corrected chi connectivity index (χ2v) is 9.15. The van der Waals surface area contributed by atoms with Crippen molar-refractivity contribution in [3.63, 3.8) is 0 Å². The molecule has 8 heteroatoms. The number of piperazine rings is 1. The molecule has 0 aliphatic carbocycles. The summed E-state index contributed by atoms with van der Waals surface area (Å²) in [5.41, 5.74) is 1.55. The Bertz CT molecular complexity index is 1220. The van der Waals surface area contributed by atoms with Gasteiger partial charge in [0.1, 0.15) is 11.3 Å². The molecule has 186 valence electrons. The number of esters is 1. The first-order valence-corrected chi connectivity index (χ1v) is 12.4. The number of rotatable bonds is 9. The van der Waals surface area contributed by atoms with E-state index in [9.17, 15) is 9.59 Å². The number of hydrogen-bond acceptors (Lipinski definition) is 7. The third-order valence-electron chi connectivity index (χ3n) is 6.26. The van der Waals surface area contributed by atoms with Crippen molar-refractivity contribution in [1.29, 1.82) is 0 Å². The van der Waals surface area contributed by atoms with Crippen LogP contribution in [0.5, 0.6) is 5.75 Å². The fourth-order valence-electron chi connectivity index (χ4n) is 4.33. The summed E-state index contributed by atoms with van der Waals surface area (Å²) >= 11 is 5.97. The predicted octanol–water partition coefficient (Wildman–Crippen LogP) is 4.52. The molecule has 0 atom stereocenters. The van der Waals surface area contributed by atoms with Crippen LogP contribution in [-0.4, -0.2) is 61.7 Å². The Morgan fingerprint density at radius 1 is 1.06 bits per heavy atom. The minimum Gasteiger partial charge on any atom is -0.493 e. The summed E-state index contributed by atoms with van der Waals surface area (Å²) in [7, 11) is 0. The molecule has 0 bridgehead atoms. The molecule has 7 nitrogen and oxygen atoms in total. The van der Waals surface area contributed by atoms with Crippen molar-refractivity contribution in [2.75, 3.05) is 45.9 Å². The molecule has 1 aliphatic rings. The standard InChI is InChI=1S/C27H31ClN2O5/c1-3-33-27(32)25-19(2)26(31)35-24-17-22(9-10-23(24)25)34-16-4-11-29-12-14-30(15-13-29)18-20-5-7-21(28)8-6-20/h5-10,17H,3-4,11-16,18H2,1-2H3. The first-order chi connectivity index (χ1) is 16.9. The summed E-state index contributed by atoms with van der Waals surface area (Å²) in [6, 6.07) is 13.3. The van der Waals surface area contributed by atoms with Crippen LogP contribution < -0.4 is 10.4 Å². The number of ether oxygens (including phenoxy) is 2. The van der Waals surface area contributed by atoms with Crippen LogP contribution in [-0.2, 0) is 11.3 Å². The van der Waals surface area contributed by atoms with E-state index >= 15 is 0 Å². The van der Waals surface area contributed by atoms with Crippen molar-refractivity contribution < 1.29 is 18.7 Å². The molecule has 0 N–H and O–H groups in total. The fourth-order valence-corrected chi connectivity index (χ4v) is 4.45. The Morgan fingerprint density at radius 2 is 1.77 bits per heavy atom. The van der Waals surface area contributed by atoms with Crippen LogP contribution in [0.2, 0.25) is 5.02 Å². The van der Waals surface area contributed by atoms with Gasteiger partial charge in [-0.25, -0.2) is 9.59 Å². The first-order valence-electron chi connectivity index (χ1n) is 12.0. The largest absolute Gasteiger partial charge is 0.493 e. The number of halogens is 1. The molecule has 0 saturated carbocycles. The van der Waals surface area contributed by atoms with Gasteiger partial charge in [-0.05, 0) is 50.1 Å². The second-order valence-electron chi connectivity index (χ2n) is 8.71. The topological polar surface area (TPSA) is 72.2 Å². The molecule has 4 rings (SSSR count). The van der Waals surface area contributed by atoms with Crippen molar-refractivity contribution in [1.82, 2.24) is 9.80 Å². The van der Waals surface area contributed by atoms with Crippen LogP contribution in [0.3, 0.4) is 0 Å². The predicted molar refractivity (Wildman–Crippen MR) is 136 cm³/mol. The average Bonchev–Trinajstić information content (AvgIpc) is 2.85. The van der Waals surface area contributed by atoms with Gasteiger partial charge in [0, 0.05) is 61.3 Å². The van der Waals surface area contributed by atoms with Crippen molar-refractivity contribution in [2.24, 2.45) is 0 Å². The van der Waals surface area contributed by atoms with Gasteiger partial charge in [-0.15, -0.1) is 0 Å². The molecule has 0 unspecified atom stereocenters. The Balaban J connectivity index is 1.26. The lowest BCUT2D eigenvalue weighted by Gasteiger charge is -2.34. The molecule has 2 aromatic carbocycles. The zero-order valence-corrected chi connectivity index (χ0v) is 21.0. The quantitative estimate of drug-likeness (QED) is 0.244. The van der Waals surface area contributed by atoms with E-state index in [1.54, 1.807) is 32.0 Å². The third kappa shape index (κ3) is 6.42. The van der Waals surface area contributed by atoms with Crippen LogP contribution in [0.15, 0.2) is 51.7 Å². The molecule has 0 radical (unpaired) electrons. The van der Waals surface area contributed by atoms with E-state index in [1.807, 2.05) is 12.1 Å². The molecule has 1 saturated heterocycles. The Kier molecular flexibility index (Phi) is 8.44. The second kappa shape index (κ2) is 11.7. The molecule has 2 heterocycles. The van der Waals surface area contributed by atoms with Crippen LogP contribution >= 0.6 is 11.6 Å². The molecule has 0 spiro atoms. The van der Waals surface area contributed by atoms with E-state index in [-0.39, 0.29) is 17.7 Å². The molecule has 1 aliphatic heterocycles. The number of carbonyl (C=O) groups excluding carboxylic acids is 1. The highest BCUT2D eigenvalue weighted by molar-refractivity contribution is 6.30. The Hall–Kier alpha value is -2.87. The van der Waals surface area contributed by atoms with Crippen molar-refractivity contribution in [3.05, 3.63) is 74.6 Å². The maximum atomic E-state index is 12.4. The number of hydrogen-bond donors (Lipinski definition) is 0. The van der Waals surface area contributed by atoms with Gasteiger partial charge in [-0.3, -0.25) is 4.90 Å².